The molecule has 0 saturated carbocycles. The summed E-state index contributed by atoms with van der Waals surface area (Å²) >= 11 is 0. The van der Waals surface area contributed by atoms with Gasteiger partial charge >= 0.3 is 5.97 Å². The van der Waals surface area contributed by atoms with Crippen LogP contribution in [0.5, 0.6) is 17.2 Å². The number of hydrogen-bond acceptors (Lipinski definition) is 5. The number of carbonyl (C=O) groups is 1. The van der Waals surface area contributed by atoms with Crippen LogP contribution in [0, 0.1) is 0 Å². The molecule has 2 aromatic rings. The van der Waals surface area contributed by atoms with Gasteiger partial charge in [0.1, 0.15) is 25.1 Å². The summed E-state index contributed by atoms with van der Waals surface area (Å²) in [7, 11) is 1.37. The van der Waals surface area contributed by atoms with E-state index >= 15 is 0 Å². The molecule has 4 rings (SSSR count). The van der Waals surface area contributed by atoms with Crippen molar-refractivity contribution in [3.8, 4) is 17.2 Å². The van der Waals surface area contributed by atoms with Crippen molar-refractivity contribution in [3.63, 3.8) is 0 Å². The smallest absolute Gasteiger partial charge is 0.337 e. The summed E-state index contributed by atoms with van der Waals surface area (Å²) in [6, 6.07) is 11.1. The van der Waals surface area contributed by atoms with Gasteiger partial charge in [-0.2, -0.15) is 0 Å². The van der Waals surface area contributed by atoms with Crippen molar-refractivity contribution in [1.29, 1.82) is 0 Å². The fraction of sp³-hybridized carbons (Fsp3) is 0.250. The van der Waals surface area contributed by atoms with E-state index in [-0.39, 0.29) is 12.1 Å². The third-order valence-electron chi connectivity index (χ3n) is 4.26. The average molecular weight is 338 g/mol. The number of esters is 1. The molecule has 0 aromatic heterocycles. The Morgan fingerprint density at radius 2 is 1.92 bits per heavy atom. The molecule has 2 aromatic carbocycles. The van der Waals surface area contributed by atoms with Gasteiger partial charge in [-0.15, -0.1) is 0 Å². The third-order valence-corrected chi connectivity index (χ3v) is 4.26. The Morgan fingerprint density at radius 3 is 2.76 bits per heavy atom. The molecule has 0 fully saturated rings. The van der Waals surface area contributed by atoms with Crippen molar-refractivity contribution < 1.29 is 23.7 Å². The Morgan fingerprint density at radius 1 is 1.08 bits per heavy atom. The number of para-hydroxylation sites is 1. The van der Waals surface area contributed by atoms with Crippen molar-refractivity contribution in [1.82, 2.24) is 0 Å². The van der Waals surface area contributed by atoms with E-state index in [4.69, 9.17) is 18.9 Å². The summed E-state index contributed by atoms with van der Waals surface area (Å²) in [6.45, 7) is 3.03. The van der Waals surface area contributed by atoms with E-state index in [1.807, 2.05) is 31.2 Å². The van der Waals surface area contributed by atoms with E-state index < -0.39 is 0 Å². The van der Waals surface area contributed by atoms with E-state index in [9.17, 15) is 4.79 Å². The maximum absolute atomic E-state index is 11.9. The van der Waals surface area contributed by atoms with Crippen LogP contribution in [0.1, 0.15) is 28.4 Å². The van der Waals surface area contributed by atoms with Gasteiger partial charge in [0.25, 0.3) is 0 Å². The normalized spacial score (nSPS) is 17.8. The van der Waals surface area contributed by atoms with E-state index in [2.05, 4.69) is 0 Å². The standard InChI is InChI=1S/C20H18O5/c1-12-10-15(14-4-3-5-18-19(14)24-9-8-23-18)16-11-13(20(21)22-2)6-7-17(16)25-12/h3-7,10-12H,8-9H2,1-2H3. The Balaban J connectivity index is 1.87. The minimum absolute atomic E-state index is 0.0909. The lowest BCUT2D eigenvalue weighted by Gasteiger charge is -2.27. The lowest BCUT2D eigenvalue weighted by molar-refractivity contribution is 0.0600. The van der Waals surface area contributed by atoms with Crippen LogP contribution in [0.2, 0.25) is 0 Å². The van der Waals surface area contributed by atoms with Gasteiger partial charge < -0.3 is 18.9 Å². The van der Waals surface area contributed by atoms with Gasteiger partial charge in [-0.3, -0.25) is 0 Å². The first-order valence-corrected chi connectivity index (χ1v) is 8.17. The third kappa shape index (κ3) is 2.71. The molecule has 5 nitrogen and oxygen atoms in total. The summed E-state index contributed by atoms with van der Waals surface area (Å²) in [6.07, 6.45) is 1.93. The molecule has 25 heavy (non-hydrogen) atoms. The Bertz CT molecular complexity index is 868. The van der Waals surface area contributed by atoms with Gasteiger partial charge in [0.05, 0.1) is 12.7 Å². The Hall–Kier alpha value is -2.95. The fourth-order valence-corrected chi connectivity index (χ4v) is 3.17. The molecular weight excluding hydrogens is 320 g/mol. The predicted molar refractivity (Wildman–Crippen MR) is 92.4 cm³/mol. The van der Waals surface area contributed by atoms with Crippen molar-refractivity contribution in [2.24, 2.45) is 0 Å². The minimum atomic E-state index is -0.379. The van der Waals surface area contributed by atoms with E-state index in [0.29, 0.717) is 18.8 Å². The maximum Gasteiger partial charge on any atom is 0.337 e. The highest BCUT2D eigenvalue weighted by molar-refractivity contribution is 5.94. The van der Waals surface area contributed by atoms with Crippen molar-refractivity contribution in [2.75, 3.05) is 20.3 Å². The fourth-order valence-electron chi connectivity index (χ4n) is 3.17. The zero-order valence-corrected chi connectivity index (χ0v) is 14.1. The first kappa shape index (κ1) is 15.6. The first-order chi connectivity index (χ1) is 12.2. The monoisotopic (exact) mass is 338 g/mol. The number of ether oxygens (including phenoxy) is 4. The number of carbonyl (C=O) groups excluding carboxylic acids is 1. The number of fused-ring (bicyclic) bond motifs is 2. The Kier molecular flexibility index (Phi) is 3.84. The largest absolute Gasteiger partial charge is 0.486 e. The van der Waals surface area contributed by atoms with Gasteiger partial charge in [0.15, 0.2) is 11.5 Å². The van der Waals surface area contributed by atoms with Crippen molar-refractivity contribution in [2.45, 2.75) is 13.0 Å². The second-order valence-electron chi connectivity index (χ2n) is 5.94. The summed E-state index contributed by atoms with van der Waals surface area (Å²) in [5.74, 6) is 1.81. The number of rotatable bonds is 2. The summed E-state index contributed by atoms with van der Waals surface area (Å²) < 4.78 is 22.3. The second kappa shape index (κ2) is 6.16. The van der Waals surface area contributed by atoms with Gasteiger partial charge in [-0.25, -0.2) is 4.79 Å². The SMILES string of the molecule is COC(=O)c1ccc2c(c1)C(c1cccc3c1OCCO3)=CC(C)O2. The highest BCUT2D eigenvalue weighted by Gasteiger charge is 2.25. The predicted octanol–water partition coefficient (Wildman–Crippen LogP) is 3.46. The van der Waals surface area contributed by atoms with Crippen LogP contribution in [0.4, 0.5) is 0 Å². The van der Waals surface area contributed by atoms with Crippen LogP contribution < -0.4 is 14.2 Å². The lowest BCUT2D eigenvalue weighted by Crippen LogP contribution is -2.19. The molecule has 2 heterocycles. The van der Waals surface area contributed by atoms with Crippen LogP contribution in [0.3, 0.4) is 0 Å². The number of hydrogen-bond donors (Lipinski definition) is 0. The molecule has 0 radical (unpaired) electrons. The lowest BCUT2D eigenvalue weighted by atomic mass is 9.91. The van der Waals surface area contributed by atoms with Crippen LogP contribution in [0.25, 0.3) is 5.57 Å². The maximum atomic E-state index is 11.9. The van der Waals surface area contributed by atoms with Crippen molar-refractivity contribution >= 4 is 11.5 Å². The van der Waals surface area contributed by atoms with E-state index in [1.165, 1.54) is 7.11 Å². The molecular formula is C20H18O5. The van der Waals surface area contributed by atoms with E-state index in [0.717, 1.165) is 33.9 Å². The Labute approximate surface area is 145 Å². The molecule has 1 atom stereocenters. The molecule has 2 aliphatic rings. The molecule has 1 unspecified atom stereocenters. The topological polar surface area (TPSA) is 54.0 Å². The first-order valence-electron chi connectivity index (χ1n) is 8.17. The molecule has 0 amide bonds. The van der Waals surface area contributed by atoms with Crippen LogP contribution in [-0.2, 0) is 4.74 Å². The highest BCUT2D eigenvalue weighted by atomic mass is 16.6. The van der Waals surface area contributed by atoms with Gasteiger partial charge in [0, 0.05) is 11.1 Å². The number of benzene rings is 2. The van der Waals surface area contributed by atoms with Gasteiger partial charge in [0.2, 0.25) is 0 Å². The molecule has 128 valence electrons. The molecule has 5 heteroatoms. The molecule has 0 saturated heterocycles. The minimum Gasteiger partial charge on any atom is -0.486 e. The van der Waals surface area contributed by atoms with Crippen molar-refractivity contribution in [3.05, 3.63) is 59.2 Å². The summed E-state index contributed by atoms with van der Waals surface area (Å²) in [5, 5.41) is 0. The van der Waals surface area contributed by atoms with Crippen LogP contribution >= 0.6 is 0 Å². The molecule has 0 spiro atoms. The molecule has 0 bridgehead atoms. The quantitative estimate of drug-likeness (QED) is 0.785. The molecule has 2 aliphatic heterocycles. The average Bonchev–Trinajstić information content (AvgIpc) is 2.66. The number of methoxy groups -OCH3 is 1. The molecule has 0 aliphatic carbocycles. The zero-order valence-electron chi connectivity index (χ0n) is 14.1. The summed E-state index contributed by atoms with van der Waals surface area (Å²) in [4.78, 5) is 11.9. The second-order valence-corrected chi connectivity index (χ2v) is 5.94. The molecule has 0 N–H and O–H groups in total. The van der Waals surface area contributed by atoms with Gasteiger partial charge in [-0.05, 0) is 42.8 Å². The van der Waals surface area contributed by atoms with Crippen LogP contribution in [-0.4, -0.2) is 32.4 Å². The zero-order chi connectivity index (χ0) is 17.4. The van der Waals surface area contributed by atoms with Gasteiger partial charge in [-0.1, -0.05) is 12.1 Å². The highest BCUT2D eigenvalue weighted by Crippen LogP contribution is 2.44. The summed E-state index contributed by atoms with van der Waals surface area (Å²) in [5.41, 5.74) is 3.20. The van der Waals surface area contributed by atoms with E-state index in [1.54, 1.807) is 18.2 Å². The van der Waals surface area contributed by atoms with Crippen LogP contribution in [0.15, 0.2) is 42.5 Å².